The fraction of sp³-hybridized carbons (Fsp3) is 0.467. The summed E-state index contributed by atoms with van der Waals surface area (Å²) in [6.45, 7) is 1.06. The molecule has 1 fully saturated rings. The van der Waals surface area contributed by atoms with Gasteiger partial charge in [-0.25, -0.2) is 4.79 Å². The van der Waals surface area contributed by atoms with Crippen LogP contribution in [0.2, 0.25) is 0 Å². The Morgan fingerprint density at radius 3 is 2.87 bits per heavy atom. The number of nitrogens with one attached hydrogen (secondary N) is 1. The quantitative estimate of drug-likeness (QED) is 0.820. The maximum Gasteiger partial charge on any atom is 0.326 e. The van der Waals surface area contributed by atoms with Crippen molar-refractivity contribution in [3.05, 3.63) is 22.2 Å². The van der Waals surface area contributed by atoms with Gasteiger partial charge >= 0.3 is 5.97 Å². The highest BCUT2D eigenvalue weighted by atomic mass is 79.9. The number of hydrogen-bond donors (Lipinski definition) is 2. The Morgan fingerprint density at radius 2 is 2.17 bits per heavy atom. The number of benzene rings is 1. The smallest absolute Gasteiger partial charge is 0.326 e. The first-order chi connectivity index (χ1) is 11.1. The minimum Gasteiger partial charge on any atom is -0.480 e. The molecular formula is C15H16BrNO6. The van der Waals surface area contributed by atoms with E-state index in [9.17, 15) is 14.7 Å². The van der Waals surface area contributed by atoms with Gasteiger partial charge in [-0.15, -0.1) is 0 Å². The Hall–Kier alpha value is -1.80. The molecular weight excluding hydrogens is 370 g/mol. The molecule has 2 aliphatic rings. The zero-order valence-corrected chi connectivity index (χ0v) is 13.8. The van der Waals surface area contributed by atoms with Gasteiger partial charge in [0, 0.05) is 18.1 Å². The van der Waals surface area contributed by atoms with Gasteiger partial charge in [0.2, 0.25) is 6.79 Å². The maximum absolute atomic E-state index is 12.4. The Balaban J connectivity index is 1.76. The molecule has 0 aliphatic carbocycles. The normalized spacial score (nSPS) is 20.8. The molecule has 0 saturated carbocycles. The summed E-state index contributed by atoms with van der Waals surface area (Å²) < 4.78 is 16.4. The van der Waals surface area contributed by atoms with Crippen molar-refractivity contribution in [2.45, 2.75) is 18.9 Å². The standard InChI is InChI=1S/C15H16BrNO6/c16-10-4-9(5-11-13(10)23-7-22-11)14(18)17-12(15(19)20)8-2-1-3-21-6-8/h4-5,8,12H,1-3,6-7H2,(H,17,18)(H,19,20). The Labute approximate surface area is 141 Å². The van der Waals surface area contributed by atoms with E-state index >= 15 is 0 Å². The number of carbonyl (C=O) groups is 2. The Bertz CT molecular complexity index is 629. The molecule has 1 saturated heterocycles. The van der Waals surface area contributed by atoms with E-state index in [1.807, 2.05) is 0 Å². The Kier molecular flexibility index (Phi) is 4.72. The summed E-state index contributed by atoms with van der Waals surface area (Å²) in [5.41, 5.74) is 0.309. The predicted molar refractivity (Wildman–Crippen MR) is 82.7 cm³/mol. The van der Waals surface area contributed by atoms with Crippen molar-refractivity contribution in [3.63, 3.8) is 0 Å². The highest BCUT2D eigenvalue weighted by molar-refractivity contribution is 9.10. The molecule has 1 amide bonds. The summed E-state index contributed by atoms with van der Waals surface area (Å²) in [6, 6.07) is 2.14. The molecule has 7 nitrogen and oxygen atoms in total. The van der Waals surface area contributed by atoms with Crippen LogP contribution in [0.1, 0.15) is 23.2 Å². The van der Waals surface area contributed by atoms with E-state index < -0.39 is 17.9 Å². The lowest BCUT2D eigenvalue weighted by Crippen LogP contribution is -2.48. The van der Waals surface area contributed by atoms with E-state index in [1.165, 1.54) is 0 Å². The summed E-state index contributed by atoms with van der Waals surface area (Å²) >= 11 is 3.32. The summed E-state index contributed by atoms with van der Waals surface area (Å²) in [5.74, 6) is -0.771. The van der Waals surface area contributed by atoms with Crippen LogP contribution in [0, 0.1) is 5.92 Å². The van der Waals surface area contributed by atoms with Crippen LogP contribution in [0.4, 0.5) is 0 Å². The first-order valence-corrected chi connectivity index (χ1v) is 8.06. The molecule has 0 spiro atoms. The fourth-order valence-electron chi connectivity index (χ4n) is 2.73. The second-order valence-electron chi connectivity index (χ2n) is 5.46. The Morgan fingerprint density at radius 1 is 1.35 bits per heavy atom. The van der Waals surface area contributed by atoms with E-state index in [0.29, 0.717) is 41.2 Å². The zero-order chi connectivity index (χ0) is 16.4. The largest absolute Gasteiger partial charge is 0.480 e. The van der Waals surface area contributed by atoms with E-state index in [4.69, 9.17) is 14.2 Å². The number of carbonyl (C=O) groups excluding carboxylic acids is 1. The molecule has 23 heavy (non-hydrogen) atoms. The summed E-state index contributed by atoms with van der Waals surface area (Å²) in [5, 5.41) is 12.0. The van der Waals surface area contributed by atoms with Gasteiger partial charge in [0.25, 0.3) is 5.91 Å². The zero-order valence-electron chi connectivity index (χ0n) is 12.2. The van der Waals surface area contributed by atoms with Gasteiger partial charge in [-0.2, -0.15) is 0 Å². The van der Waals surface area contributed by atoms with Crippen LogP contribution in [0.3, 0.4) is 0 Å². The SMILES string of the molecule is O=C(NC(C(=O)O)C1CCCOC1)c1cc(Br)c2c(c1)OCO2. The average Bonchev–Trinajstić information content (AvgIpc) is 3.02. The van der Waals surface area contributed by atoms with Crippen molar-refractivity contribution in [1.82, 2.24) is 5.32 Å². The number of carboxylic acid groups (broad SMARTS) is 1. The first-order valence-electron chi connectivity index (χ1n) is 7.27. The molecule has 1 aromatic carbocycles. The molecule has 2 heterocycles. The van der Waals surface area contributed by atoms with E-state index in [1.54, 1.807) is 12.1 Å². The van der Waals surface area contributed by atoms with Gasteiger partial charge in [0.05, 0.1) is 11.1 Å². The average molecular weight is 386 g/mol. The number of rotatable bonds is 4. The topological polar surface area (TPSA) is 94.1 Å². The van der Waals surface area contributed by atoms with Crippen LogP contribution >= 0.6 is 15.9 Å². The van der Waals surface area contributed by atoms with Crippen molar-refractivity contribution >= 4 is 27.8 Å². The van der Waals surface area contributed by atoms with Gasteiger partial charge < -0.3 is 24.6 Å². The highest BCUT2D eigenvalue weighted by Crippen LogP contribution is 2.40. The van der Waals surface area contributed by atoms with Gasteiger partial charge in [0.15, 0.2) is 11.5 Å². The van der Waals surface area contributed by atoms with Crippen LogP contribution in [-0.2, 0) is 9.53 Å². The molecule has 3 rings (SSSR count). The van der Waals surface area contributed by atoms with Crippen molar-refractivity contribution in [1.29, 1.82) is 0 Å². The van der Waals surface area contributed by atoms with Crippen LogP contribution in [0.25, 0.3) is 0 Å². The fourth-order valence-corrected chi connectivity index (χ4v) is 3.29. The number of fused-ring (bicyclic) bond motifs is 1. The summed E-state index contributed by atoms with van der Waals surface area (Å²) in [6.07, 6.45) is 1.50. The molecule has 0 bridgehead atoms. The van der Waals surface area contributed by atoms with Crippen LogP contribution < -0.4 is 14.8 Å². The molecule has 1 aromatic rings. The third kappa shape index (κ3) is 3.42. The van der Waals surface area contributed by atoms with Crippen LogP contribution in [-0.4, -0.2) is 43.0 Å². The lowest BCUT2D eigenvalue weighted by molar-refractivity contribution is -0.142. The summed E-state index contributed by atoms with van der Waals surface area (Å²) in [4.78, 5) is 23.9. The molecule has 8 heteroatoms. The van der Waals surface area contributed by atoms with E-state index in [2.05, 4.69) is 21.2 Å². The number of amides is 1. The van der Waals surface area contributed by atoms with Gasteiger partial charge in [-0.1, -0.05) is 0 Å². The molecule has 0 aromatic heterocycles. The molecule has 2 unspecified atom stereocenters. The number of aliphatic carboxylic acids is 1. The predicted octanol–water partition coefficient (Wildman–Crippen LogP) is 1.79. The minimum absolute atomic E-state index is 0.0934. The minimum atomic E-state index is -1.06. The number of halogens is 1. The van der Waals surface area contributed by atoms with E-state index in [0.717, 1.165) is 6.42 Å². The third-order valence-electron chi connectivity index (χ3n) is 3.91. The lowest BCUT2D eigenvalue weighted by atomic mass is 9.93. The third-order valence-corrected chi connectivity index (χ3v) is 4.50. The van der Waals surface area contributed by atoms with Crippen LogP contribution in [0.15, 0.2) is 16.6 Å². The number of hydrogen-bond acceptors (Lipinski definition) is 5. The molecule has 2 atom stereocenters. The lowest BCUT2D eigenvalue weighted by Gasteiger charge is -2.28. The van der Waals surface area contributed by atoms with Crippen molar-refractivity contribution in [2.75, 3.05) is 20.0 Å². The molecule has 2 aliphatic heterocycles. The van der Waals surface area contributed by atoms with Crippen LogP contribution in [0.5, 0.6) is 11.5 Å². The number of carboxylic acids is 1. The van der Waals surface area contributed by atoms with E-state index in [-0.39, 0.29) is 12.7 Å². The van der Waals surface area contributed by atoms with Crippen molar-refractivity contribution < 1.29 is 28.9 Å². The molecule has 0 radical (unpaired) electrons. The van der Waals surface area contributed by atoms with Crippen molar-refractivity contribution in [3.8, 4) is 11.5 Å². The van der Waals surface area contributed by atoms with Crippen molar-refractivity contribution in [2.24, 2.45) is 5.92 Å². The second kappa shape index (κ2) is 6.76. The molecule has 124 valence electrons. The second-order valence-corrected chi connectivity index (χ2v) is 6.31. The highest BCUT2D eigenvalue weighted by Gasteiger charge is 2.32. The molecule has 2 N–H and O–H groups in total. The van der Waals surface area contributed by atoms with Gasteiger partial charge in [-0.3, -0.25) is 4.79 Å². The maximum atomic E-state index is 12.4. The monoisotopic (exact) mass is 385 g/mol. The summed E-state index contributed by atoms with van der Waals surface area (Å²) in [7, 11) is 0. The van der Waals surface area contributed by atoms with Gasteiger partial charge in [0.1, 0.15) is 6.04 Å². The van der Waals surface area contributed by atoms with Gasteiger partial charge in [-0.05, 0) is 40.9 Å². The number of ether oxygens (including phenoxy) is 3. The first kappa shape index (κ1) is 16.1.